The second-order valence-electron chi connectivity index (χ2n) is 6.19. The third-order valence-electron chi connectivity index (χ3n) is 4.42. The lowest BCUT2D eigenvalue weighted by atomic mass is 10.1. The van der Waals surface area contributed by atoms with Crippen LogP contribution < -0.4 is 9.47 Å². The summed E-state index contributed by atoms with van der Waals surface area (Å²) in [4.78, 5) is 28.4. The Morgan fingerprint density at radius 3 is 2.46 bits per heavy atom. The average Bonchev–Trinajstić information content (AvgIpc) is 2.62. The molecule has 0 saturated carbocycles. The van der Waals surface area contributed by atoms with E-state index in [4.69, 9.17) is 9.47 Å². The first-order valence-corrected chi connectivity index (χ1v) is 8.60. The van der Waals surface area contributed by atoms with Crippen molar-refractivity contribution in [2.45, 2.75) is 19.8 Å². The van der Waals surface area contributed by atoms with Crippen molar-refractivity contribution in [3.05, 3.63) is 23.8 Å². The van der Waals surface area contributed by atoms with Gasteiger partial charge < -0.3 is 14.4 Å². The highest BCUT2D eigenvalue weighted by molar-refractivity contribution is 5.98. The van der Waals surface area contributed by atoms with Gasteiger partial charge in [-0.05, 0) is 24.6 Å². The largest absolute Gasteiger partial charge is 0.486 e. The van der Waals surface area contributed by atoms with E-state index in [0.717, 1.165) is 19.5 Å². The van der Waals surface area contributed by atoms with Crippen molar-refractivity contribution >= 4 is 11.7 Å². The summed E-state index contributed by atoms with van der Waals surface area (Å²) in [5.41, 5.74) is 0.642. The molecule has 2 aliphatic rings. The standard InChI is InChI=1S/C18H24N2O4/c1-2-3-18(22)20-8-6-19(7-9-20)13-15(21)14-4-5-16-17(12-14)24-11-10-23-16/h4-5,12H,2-3,6-11,13H2,1H3. The first kappa shape index (κ1) is 16.8. The molecule has 24 heavy (non-hydrogen) atoms. The van der Waals surface area contributed by atoms with Gasteiger partial charge in [0.1, 0.15) is 13.2 Å². The van der Waals surface area contributed by atoms with Crippen LogP contribution in [0.5, 0.6) is 11.5 Å². The van der Waals surface area contributed by atoms with Crippen LogP contribution in [0.3, 0.4) is 0 Å². The van der Waals surface area contributed by atoms with Crippen molar-refractivity contribution in [2.75, 3.05) is 45.9 Å². The third kappa shape index (κ3) is 3.87. The van der Waals surface area contributed by atoms with Crippen LogP contribution in [0.15, 0.2) is 18.2 Å². The third-order valence-corrected chi connectivity index (χ3v) is 4.42. The van der Waals surface area contributed by atoms with Crippen LogP contribution in [-0.2, 0) is 4.79 Å². The van der Waals surface area contributed by atoms with Gasteiger partial charge in [-0.1, -0.05) is 6.92 Å². The number of hydrogen-bond acceptors (Lipinski definition) is 5. The Morgan fingerprint density at radius 1 is 1.04 bits per heavy atom. The van der Waals surface area contributed by atoms with Crippen LogP contribution >= 0.6 is 0 Å². The summed E-state index contributed by atoms with van der Waals surface area (Å²) < 4.78 is 11.0. The molecule has 1 aromatic rings. The van der Waals surface area contributed by atoms with Crippen molar-refractivity contribution in [1.82, 2.24) is 9.80 Å². The molecule has 0 unspecified atom stereocenters. The van der Waals surface area contributed by atoms with E-state index in [1.807, 2.05) is 11.8 Å². The molecule has 0 aliphatic carbocycles. The van der Waals surface area contributed by atoms with Gasteiger partial charge in [-0.25, -0.2) is 0 Å². The van der Waals surface area contributed by atoms with Crippen LogP contribution in [0.4, 0.5) is 0 Å². The molecule has 1 amide bonds. The van der Waals surface area contributed by atoms with Gasteiger partial charge in [-0.2, -0.15) is 0 Å². The number of ether oxygens (including phenoxy) is 2. The minimum atomic E-state index is 0.0697. The van der Waals surface area contributed by atoms with Crippen LogP contribution in [-0.4, -0.2) is 67.4 Å². The van der Waals surface area contributed by atoms with E-state index in [1.54, 1.807) is 18.2 Å². The Hall–Kier alpha value is -2.08. The van der Waals surface area contributed by atoms with Gasteiger partial charge in [-0.15, -0.1) is 0 Å². The Kier molecular flexibility index (Phi) is 5.35. The van der Waals surface area contributed by atoms with Crippen molar-refractivity contribution in [1.29, 1.82) is 0 Å². The zero-order chi connectivity index (χ0) is 16.9. The van der Waals surface area contributed by atoms with Gasteiger partial charge in [-0.3, -0.25) is 14.5 Å². The summed E-state index contributed by atoms with van der Waals surface area (Å²) >= 11 is 0. The summed E-state index contributed by atoms with van der Waals surface area (Å²) in [5.74, 6) is 1.62. The van der Waals surface area contributed by atoms with E-state index >= 15 is 0 Å². The maximum atomic E-state index is 12.5. The maximum Gasteiger partial charge on any atom is 0.222 e. The number of fused-ring (bicyclic) bond motifs is 1. The van der Waals surface area contributed by atoms with E-state index in [9.17, 15) is 9.59 Å². The Morgan fingerprint density at radius 2 is 1.75 bits per heavy atom. The van der Waals surface area contributed by atoms with Crippen molar-refractivity contribution in [2.24, 2.45) is 0 Å². The smallest absolute Gasteiger partial charge is 0.222 e. The molecule has 0 aromatic heterocycles. The zero-order valence-electron chi connectivity index (χ0n) is 14.1. The fourth-order valence-corrected chi connectivity index (χ4v) is 3.04. The molecule has 0 radical (unpaired) electrons. The van der Waals surface area contributed by atoms with E-state index < -0.39 is 0 Å². The Labute approximate surface area is 142 Å². The summed E-state index contributed by atoms with van der Waals surface area (Å²) in [6.45, 7) is 6.33. The van der Waals surface area contributed by atoms with Gasteiger partial charge in [0.2, 0.25) is 5.91 Å². The topological polar surface area (TPSA) is 59.1 Å². The molecule has 0 bridgehead atoms. The highest BCUT2D eigenvalue weighted by atomic mass is 16.6. The molecule has 130 valence electrons. The van der Waals surface area contributed by atoms with Crippen molar-refractivity contribution < 1.29 is 19.1 Å². The second kappa shape index (κ2) is 7.66. The summed E-state index contributed by atoms with van der Waals surface area (Å²) in [6, 6.07) is 5.35. The molecule has 0 N–H and O–H groups in total. The predicted molar refractivity (Wildman–Crippen MR) is 89.7 cm³/mol. The molecule has 0 spiro atoms. The van der Waals surface area contributed by atoms with Crippen LogP contribution in [0.1, 0.15) is 30.1 Å². The van der Waals surface area contributed by atoms with E-state index in [1.165, 1.54) is 0 Å². The molecular formula is C18H24N2O4. The number of Topliss-reactive ketones (excluding diaryl/α,β-unsaturated/α-hetero) is 1. The van der Waals surface area contributed by atoms with Crippen LogP contribution in [0.25, 0.3) is 0 Å². The number of piperazine rings is 1. The predicted octanol–water partition coefficient (Wildman–Crippen LogP) is 1.58. The van der Waals surface area contributed by atoms with Crippen molar-refractivity contribution in [3.63, 3.8) is 0 Å². The Bertz CT molecular complexity index is 609. The summed E-state index contributed by atoms with van der Waals surface area (Å²) in [7, 11) is 0. The highest BCUT2D eigenvalue weighted by Crippen LogP contribution is 2.30. The molecule has 1 aromatic carbocycles. The van der Waals surface area contributed by atoms with Gasteiger partial charge in [0.15, 0.2) is 17.3 Å². The fraction of sp³-hybridized carbons (Fsp3) is 0.556. The average molecular weight is 332 g/mol. The van der Waals surface area contributed by atoms with E-state index in [-0.39, 0.29) is 11.7 Å². The van der Waals surface area contributed by atoms with Gasteiger partial charge >= 0.3 is 0 Å². The van der Waals surface area contributed by atoms with Gasteiger partial charge in [0.05, 0.1) is 6.54 Å². The summed E-state index contributed by atoms with van der Waals surface area (Å²) in [6.07, 6.45) is 1.48. The lowest BCUT2D eigenvalue weighted by Crippen LogP contribution is -2.49. The van der Waals surface area contributed by atoms with Gasteiger partial charge in [0.25, 0.3) is 0 Å². The second-order valence-corrected chi connectivity index (χ2v) is 6.19. The van der Waals surface area contributed by atoms with Crippen LogP contribution in [0.2, 0.25) is 0 Å². The maximum absolute atomic E-state index is 12.5. The monoisotopic (exact) mass is 332 g/mol. The number of rotatable bonds is 5. The SMILES string of the molecule is CCCC(=O)N1CCN(CC(=O)c2ccc3c(c2)OCCO3)CC1. The molecular weight excluding hydrogens is 308 g/mol. The number of carbonyl (C=O) groups is 2. The van der Waals surface area contributed by atoms with Crippen LogP contribution in [0, 0.1) is 0 Å². The lowest BCUT2D eigenvalue weighted by Gasteiger charge is -2.34. The first-order chi connectivity index (χ1) is 11.7. The number of ketones is 1. The fourth-order valence-electron chi connectivity index (χ4n) is 3.04. The van der Waals surface area contributed by atoms with E-state index in [2.05, 4.69) is 4.90 Å². The highest BCUT2D eigenvalue weighted by Gasteiger charge is 2.23. The van der Waals surface area contributed by atoms with E-state index in [0.29, 0.717) is 56.3 Å². The lowest BCUT2D eigenvalue weighted by molar-refractivity contribution is -0.132. The minimum Gasteiger partial charge on any atom is -0.486 e. The molecule has 6 heteroatoms. The number of hydrogen-bond donors (Lipinski definition) is 0. The number of carbonyl (C=O) groups excluding carboxylic acids is 2. The molecule has 2 heterocycles. The molecule has 1 fully saturated rings. The molecule has 1 saturated heterocycles. The van der Waals surface area contributed by atoms with Gasteiger partial charge in [0, 0.05) is 38.2 Å². The molecule has 6 nitrogen and oxygen atoms in total. The minimum absolute atomic E-state index is 0.0697. The number of amides is 1. The molecule has 0 atom stereocenters. The zero-order valence-corrected chi connectivity index (χ0v) is 14.1. The summed E-state index contributed by atoms with van der Waals surface area (Å²) in [5, 5.41) is 0. The molecule has 3 rings (SSSR count). The van der Waals surface area contributed by atoms with Crippen molar-refractivity contribution in [3.8, 4) is 11.5 Å². The number of nitrogens with zero attached hydrogens (tertiary/aromatic N) is 2. The quantitative estimate of drug-likeness (QED) is 0.766. The Balaban J connectivity index is 1.53. The first-order valence-electron chi connectivity index (χ1n) is 8.60. The number of benzene rings is 1. The normalized spacial score (nSPS) is 17.6. The molecule has 2 aliphatic heterocycles.